The van der Waals surface area contributed by atoms with Crippen molar-refractivity contribution in [2.24, 2.45) is 0 Å². The lowest BCUT2D eigenvalue weighted by molar-refractivity contribution is -0.286. The Bertz CT molecular complexity index is 1200. The number of para-hydroxylation sites is 1. The van der Waals surface area contributed by atoms with Gasteiger partial charge in [-0.25, -0.2) is 4.98 Å². The Kier molecular flexibility index (Phi) is 5.71. The van der Waals surface area contributed by atoms with Crippen LogP contribution in [-0.2, 0) is 0 Å². The summed E-state index contributed by atoms with van der Waals surface area (Å²) in [6, 6.07) is 8.30. The number of ether oxygens (including phenoxy) is 3. The average molecular weight is 459 g/mol. The summed E-state index contributed by atoms with van der Waals surface area (Å²) in [5, 5.41) is 0.745. The van der Waals surface area contributed by atoms with E-state index >= 15 is 0 Å². The summed E-state index contributed by atoms with van der Waals surface area (Å²) < 4.78 is 41.8. The van der Waals surface area contributed by atoms with E-state index in [-0.39, 0.29) is 23.1 Å². The first-order valence-electron chi connectivity index (χ1n) is 10.8. The number of H-pyrrole nitrogens is 1. The van der Waals surface area contributed by atoms with Gasteiger partial charge in [0.15, 0.2) is 11.5 Å². The normalized spacial score (nSPS) is 17.5. The molecule has 2 aliphatic rings. The summed E-state index contributed by atoms with van der Waals surface area (Å²) >= 11 is 0. The van der Waals surface area contributed by atoms with Crippen molar-refractivity contribution in [1.82, 2.24) is 19.9 Å². The summed E-state index contributed by atoms with van der Waals surface area (Å²) in [5.74, 6) is 0.176. The van der Waals surface area contributed by atoms with Crippen LogP contribution in [0.1, 0.15) is 12.8 Å². The number of aromatic amines is 1. The van der Waals surface area contributed by atoms with Crippen LogP contribution < -0.4 is 24.7 Å². The highest BCUT2D eigenvalue weighted by atomic mass is 19.3. The van der Waals surface area contributed by atoms with Gasteiger partial charge in [0.05, 0.1) is 12.3 Å². The van der Waals surface area contributed by atoms with E-state index in [1.54, 1.807) is 24.4 Å². The largest absolute Gasteiger partial charge is 0.586 e. The number of rotatable bonds is 7. The SMILES string of the molecule is O=c1ccc2cnc(OCCCCN3CCN(c4cccc5c4OC(F)(F)O5)CC3)nc2[nH]1. The zero-order chi connectivity index (χ0) is 22.8. The van der Waals surface area contributed by atoms with Crippen LogP contribution in [0.4, 0.5) is 14.5 Å². The highest BCUT2D eigenvalue weighted by molar-refractivity contribution is 5.73. The number of nitrogens with zero attached hydrogens (tertiary/aromatic N) is 4. The molecule has 5 rings (SSSR count). The Morgan fingerprint density at radius 3 is 2.79 bits per heavy atom. The first-order chi connectivity index (χ1) is 16.0. The third-order valence-electron chi connectivity index (χ3n) is 5.67. The Hall–Kier alpha value is -3.47. The van der Waals surface area contributed by atoms with Crippen LogP contribution in [-0.4, -0.2) is 65.5 Å². The van der Waals surface area contributed by atoms with Gasteiger partial charge in [-0.2, -0.15) is 4.98 Å². The van der Waals surface area contributed by atoms with Gasteiger partial charge in [0, 0.05) is 43.8 Å². The van der Waals surface area contributed by atoms with E-state index in [0.717, 1.165) is 37.9 Å². The number of pyridine rings is 1. The molecule has 0 unspecified atom stereocenters. The summed E-state index contributed by atoms with van der Waals surface area (Å²) in [6.07, 6.45) is -0.224. The van der Waals surface area contributed by atoms with Crippen molar-refractivity contribution in [2.45, 2.75) is 19.1 Å². The maximum Gasteiger partial charge on any atom is 0.586 e. The van der Waals surface area contributed by atoms with Gasteiger partial charge in [-0.3, -0.25) is 9.69 Å². The molecular weight excluding hydrogens is 436 g/mol. The molecule has 4 heterocycles. The third kappa shape index (κ3) is 4.82. The minimum absolute atomic E-state index is 0.0710. The smallest absolute Gasteiger partial charge is 0.463 e. The number of fused-ring (bicyclic) bond motifs is 2. The number of halogens is 2. The van der Waals surface area contributed by atoms with Crippen LogP contribution in [0.25, 0.3) is 11.0 Å². The summed E-state index contributed by atoms with van der Waals surface area (Å²) in [5.41, 5.74) is 0.868. The lowest BCUT2D eigenvalue weighted by Gasteiger charge is -2.36. The Labute approximate surface area is 187 Å². The maximum atomic E-state index is 13.4. The molecule has 174 valence electrons. The lowest BCUT2D eigenvalue weighted by Crippen LogP contribution is -2.46. The molecule has 33 heavy (non-hydrogen) atoms. The van der Waals surface area contributed by atoms with Crippen LogP contribution in [0.2, 0.25) is 0 Å². The van der Waals surface area contributed by atoms with Crippen LogP contribution >= 0.6 is 0 Å². The van der Waals surface area contributed by atoms with Crippen LogP contribution in [0.3, 0.4) is 0 Å². The minimum Gasteiger partial charge on any atom is -0.463 e. The molecule has 1 N–H and O–H groups in total. The molecule has 1 fully saturated rings. The second-order valence-corrected chi connectivity index (χ2v) is 7.94. The number of anilines is 1. The van der Waals surface area contributed by atoms with Crippen LogP contribution in [0, 0.1) is 0 Å². The number of unbranched alkanes of at least 4 members (excludes halogenated alkanes) is 1. The number of aromatic nitrogens is 3. The Balaban J connectivity index is 1.05. The molecule has 0 atom stereocenters. The van der Waals surface area contributed by atoms with Crippen LogP contribution in [0.5, 0.6) is 17.5 Å². The topological polar surface area (TPSA) is 92.8 Å². The summed E-state index contributed by atoms with van der Waals surface area (Å²) in [4.78, 5) is 26.8. The molecule has 0 bridgehead atoms. The molecule has 0 spiro atoms. The van der Waals surface area contributed by atoms with Crippen molar-refractivity contribution in [3.63, 3.8) is 0 Å². The fourth-order valence-electron chi connectivity index (χ4n) is 4.01. The predicted molar refractivity (Wildman–Crippen MR) is 116 cm³/mol. The monoisotopic (exact) mass is 459 g/mol. The molecule has 2 aliphatic heterocycles. The first-order valence-corrected chi connectivity index (χ1v) is 10.8. The molecule has 11 heteroatoms. The molecule has 0 saturated carbocycles. The quantitative estimate of drug-likeness (QED) is 0.539. The van der Waals surface area contributed by atoms with E-state index in [1.165, 1.54) is 12.1 Å². The number of nitrogens with one attached hydrogen (secondary N) is 1. The maximum absolute atomic E-state index is 13.4. The van der Waals surface area contributed by atoms with Crippen molar-refractivity contribution in [3.8, 4) is 17.5 Å². The highest BCUT2D eigenvalue weighted by Crippen LogP contribution is 2.47. The van der Waals surface area contributed by atoms with Gasteiger partial charge in [0.2, 0.25) is 5.56 Å². The number of benzene rings is 1. The average Bonchev–Trinajstić information content (AvgIpc) is 3.13. The van der Waals surface area contributed by atoms with Gasteiger partial charge in [0.1, 0.15) is 5.65 Å². The zero-order valence-corrected chi connectivity index (χ0v) is 17.8. The van der Waals surface area contributed by atoms with Crippen molar-refractivity contribution in [3.05, 3.63) is 46.9 Å². The number of piperazine rings is 1. The summed E-state index contributed by atoms with van der Waals surface area (Å²) in [6.45, 7) is 4.46. The first kappa shape index (κ1) is 21.4. The standard InChI is InChI=1S/C22H23F2N5O4/c23-22(24)32-17-5-3-4-16(19(17)33-22)29-11-9-28(10-12-29)8-1-2-13-31-21-25-14-15-6-7-18(30)26-20(15)27-21/h3-7,14H,1-2,8-13H2,(H,25,26,27,30). The Morgan fingerprint density at radius 2 is 1.94 bits per heavy atom. The number of alkyl halides is 2. The molecule has 1 saturated heterocycles. The highest BCUT2D eigenvalue weighted by Gasteiger charge is 2.45. The molecule has 0 amide bonds. The van der Waals surface area contributed by atoms with E-state index in [0.29, 0.717) is 31.0 Å². The van der Waals surface area contributed by atoms with Crippen molar-refractivity contribution < 1.29 is 23.0 Å². The van der Waals surface area contributed by atoms with Gasteiger partial charge in [0.25, 0.3) is 0 Å². The molecule has 1 aromatic carbocycles. The van der Waals surface area contributed by atoms with Gasteiger partial charge in [-0.05, 0) is 37.6 Å². The van der Waals surface area contributed by atoms with Crippen LogP contribution in [0.15, 0.2) is 41.3 Å². The van der Waals surface area contributed by atoms with Gasteiger partial charge < -0.3 is 24.1 Å². The van der Waals surface area contributed by atoms with Gasteiger partial charge >= 0.3 is 12.3 Å². The molecule has 2 aromatic heterocycles. The lowest BCUT2D eigenvalue weighted by atomic mass is 10.2. The summed E-state index contributed by atoms with van der Waals surface area (Å²) in [7, 11) is 0. The fraction of sp³-hybridized carbons (Fsp3) is 0.409. The van der Waals surface area contributed by atoms with Crippen molar-refractivity contribution >= 4 is 16.7 Å². The van der Waals surface area contributed by atoms with E-state index in [4.69, 9.17) is 9.47 Å². The molecule has 0 aliphatic carbocycles. The molecule has 9 nitrogen and oxygen atoms in total. The van der Waals surface area contributed by atoms with E-state index in [2.05, 4.69) is 24.6 Å². The van der Waals surface area contributed by atoms with E-state index < -0.39 is 6.29 Å². The second kappa shape index (κ2) is 8.81. The molecule has 3 aromatic rings. The second-order valence-electron chi connectivity index (χ2n) is 7.94. The number of hydrogen-bond acceptors (Lipinski definition) is 8. The van der Waals surface area contributed by atoms with Gasteiger partial charge in [-0.15, -0.1) is 8.78 Å². The van der Waals surface area contributed by atoms with E-state index in [1.807, 2.05) is 4.90 Å². The zero-order valence-electron chi connectivity index (χ0n) is 17.8. The van der Waals surface area contributed by atoms with Crippen molar-refractivity contribution in [1.29, 1.82) is 0 Å². The minimum atomic E-state index is -3.61. The molecular formula is C22H23F2N5O4. The third-order valence-corrected chi connectivity index (χ3v) is 5.67. The number of hydrogen-bond donors (Lipinski definition) is 1. The fourth-order valence-corrected chi connectivity index (χ4v) is 4.01. The van der Waals surface area contributed by atoms with Crippen molar-refractivity contribution in [2.75, 3.05) is 44.2 Å². The van der Waals surface area contributed by atoms with E-state index in [9.17, 15) is 13.6 Å². The molecule has 0 radical (unpaired) electrons. The predicted octanol–water partition coefficient (Wildman–Crippen LogP) is 2.62. The Morgan fingerprint density at radius 1 is 1.09 bits per heavy atom. The van der Waals surface area contributed by atoms with Gasteiger partial charge in [-0.1, -0.05) is 6.07 Å².